The van der Waals surface area contributed by atoms with Crippen LogP contribution in [0.3, 0.4) is 0 Å². The first-order valence-corrected chi connectivity index (χ1v) is 6.34. The number of nitrogens with zero attached hydrogens (tertiary/aromatic N) is 1. The Morgan fingerprint density at radius 2 is 1.89 bits per heavy atom. The molecule has 2 aromatic rings. The van der Waals surface area contributed by atoms with E-state index in [2.05, 4.69) is 35.6 Å². The van der Waals surface area contributed by atoms with Crippen LogP contribution in [-0.4, -0.2) is 17.5 Å². The Labute approximate surface area is 113 Å². The summed E-state index contributed by atoms with van der Waals surface area (Å²) in [6.45, 7) is 6.53. The van der Waals surface area contributed by atoms with Crippen LogP contribution in [0.2, 0.25) is 0 Å². The van der Waals surface area contributed by atoms with E-state index in [4.69, 9.17) is 4.74 Å². The number of hydrogen-bond donors (Lipinski definition) is 0. The monoisotopic (exact) mass is 250 g/mol. The van der Waals surface area contributed by atoms with Gasteiger partial charge in [-0.25, -0.2) is 0 Å². The molecule has 2 nitrogen and oxygen atoms in total. The molecule has 0 bridgehead atoms. The average molecular weight is 250 g/mol. The summed E-state index contributed by atoms with van der Waals surface area (Å²) >= 11 is 0. The third kappa shape index (κ3) is 2.17. The molecule has 0 radical (unpaired) electrons. The maximum atomic E-state index is 5.92. The van der Waals surface area contributed by atoms with Crippen molar-refractivity contribution in [2.45, 2.75) is 6.92 Å². The fourth-order valence-electron chi connectivity index (χ4n) is 2.26. The third-order valence-corrected chi connectivity index (χ3v) is 3.24. The molecule has 0 fully saturated rings. The molecule has 0 unspecified atom stereocenters. The maximum Gasteiger partial charge on any atom is 0.292 e. The molecule has 94 valence electrons. The second-order valence-electron chi connectivity index (χ2n) is 4.71. The van der Waals surface area contributed by atoms with Gasteiger partial charge in [0.15, 0.2) is 6.21 Å². The van der Waals surface area contributed by atoms with E-state index in [1.807, 2.05) is 37.3 Å². The van der Waals surface area contributed by atoms with Gasteiger partial charge in [0, 0.05) is 17.7 Å². The van der Waals surface area contributed by atoms with Gasteiger partial charge in [0.05, 0.1) is 5.56 Å². The van der Waals surface area contributed by atoms with Crippen molar-refractivity contribution in [3.8, 4) is 5.75 Å². The highest BCUT2D eigenvalue weighted by Crippen LogP contribution is 2.30. The summed E-state index contributed by atoms with van der Waals surface area (Å²) in [6, 6.07) is 16.4. The summed E-state index contributed by atoms with van der Waals surface area (Å²) in [5, 5.41) is 0. The van der Waals surface area contributed by atoms with Crippen LogP contribution in [0.1, 0.15) is 18.1 Å². The van der Waals surface area contributed by atoms with Crippen LogP contribution in [0, 0.1) is 0 Å². The highest BCUT2D eigenvalue weighted by molar-refractivity contribution is 5.85. The number of para-hydroxylation sites is 2. The molecular weight excluding hydrogens is 234 g/mol. The van der Waals surface area contributed by atoms with Crippen molar-refractivity contribution >= 4 is 17.5 Å². The van der Waals surface area contributed by atoms with Crippen LogP contribution < -0.4 is 4.74 Å². The summed E-state index contributed by atoms with van der Waals surface area (Å²) in [4.78, 5) is 0. The second kappa shape index (κ2) is 4.73. The minimum absolute atomic E-state index is 0.529. The summed E-state index contributed by atoms with van der Waals surface area (Å²) in [5.41, 5.74) is 4.34. The number of fused-ring (bicyclic) bond motifs is 1. The maximum absolute atomic E-state index is 5.92. The van der Waals surface area contributed by atoms with Crippen LogP contribution in [-0.2, 0) is 0 Å². The van der Waals surface area contributed by atoms with Crippen molar-refractivity contribution in [1.29, 1.82) is 0 Å². The van der Waals surface area contributed by atoms with Gasteiger partial charge in [-0.2, -0.15) is 4.58 Å². The average Bonchev–Trinajstić information content (AvgIpc) is 2.47. The zero-order valence-electron chi connectivity index (χ0n) is 11.0. The summed E-state index contributed by atoms with van der Waals surface area (Å²) in [5.74, 6) is 0.933. The lowest BCUT2D eigenvalue weighted by Gasteiger charge is -2.16. The minimum atomic E-state index is 0.529. The van der Waals surface area contributed by atoms with Crippen molar-refractivity contribution in [2.75, 3.05) is 6.73 Å². The van der Waals surface area contributed by atoms with Crippen LogP contribution in [0.15, 0.2) is 55.1 Å². The van der Waals surface area contributed by atoms with E-state index in [-0.39, 0.29) is 0 Å². The lowest BCUT2D eigenvalue weighted by atomic mass is 10.0. The first kappa shape index (κ1) is 11.7. The molecule has 1 aliphatic heterocycles. The number of allylic oxidation sites excluding steroid dienone is 1. The zero-order valence-corrected chi connectivity index (χ0v) is 11.0. The van der Waals surface area contributed by atoms with E-state index in [0.29, 0.717) is 6.73 Å². The van der Waals surface area contributed by atoms with Gasteiger partial charge in [-0.05, 0) is 18.6 Å². The molecule has 0 aromatic heterocycles. The molecule has 0 aliphatic carbocycles. The molecule has 0 saturated carbocycles. The first-order chi connectivity index (χ1) is 9.25. The van der Waals surface area contributed by atoms with Gasteiger partial charge in [0.2, 0.25) is 5.69 Å². The zero-order chi connectivity index (χ0) is 13.2. The number of benzene rings is 2. The molecule has 0 atom stereocenters. The summed E-state index contributed by atoms with van der Waals surface area (Å²) in [7, 11) is 0. The Bertz CT molecular complexity index is 656. The van der Waals surface area contributed by atoms with E-state index in [1.165, 1.54) is 0 Å². The van der Waals surface area contributed by atoms with Crippen LogP contribution in [0.5, 0.6) is 5.75 Å². The molecule has 0 spiro atoms. The highest BCUT2D eigenvalue weighted by atomic mass is 16.5. The van der Waals surface area contributed by atoms with Crippen LogP contribution in [0.25, 0.3) is 5.57 Å². The van der Waals surface area contributed by atoms with E-state index >= 15 is 0 Å². The first-order valence-electron chi connectivity index (χ1n) is 6.34. The predicted octanol–water partition coefficient (Wildman–Crippen LogP) is 3.83. The van der Waals surface area contributed by atoms with Crippen molar-refractivity contribution in [3.05, 3.63) is 66.2 Å². The molecule has 19 heavy (non-hydrogen) atoms. The Morgan fingerprint density at radius 1 is 1.11 bits per heavy atom. The van der Waals surface area contributed by atoms with Crippen molar-refractivity contribution in [1.82, 2.24) is 0 Å². The highest BCUT2D eigenvalue weighted by Gasteiger charge is 2.21. The SMILES string of the molecule is C=C(C)c1cccc2c1OC[N+](c1ccccc1)=C2. The van der Waals surface area contributed by atoms with Crippen molar-refractivity contribution in [3.63, 3.8) is 0 Å². The van der Waals surface area contributed by atoms with E-state index in [0.717, 1.165) is 28.1 Å². The summed E-state index contributed by atoms with van der Waals surface area (Å²) in [6.07, 6.45) is 2.13. The number of ether oxygens (including phenoxy) is 1. The molecule has 0 N–H and O–H groups in total. The van der Waals surface area contributed by atoms with Crippen molar-refractivity contribution in [2.24, 2.45) is 0 Å². The quantitative estimate of drug-likeness (QED) is 0.738. The normalized spacial score (nSPS) is 13.2. The van der Waals surface area contributed by atoms with E-state index < -0.39 is 0 Å². The minimum Gasteiger partial charge on any atom is -0.434 e. The van der Waals surface area contributed by atoms with Gasteiger partial charge in [0.1, 0.15) is 5.75 Å². The number of hydrogen-bond acceptors (Lipinski definition) is 1. The lowest BCUT2D eigenvalue weighted by Crippen LogP contribution is -2.21. The predicted molar refractivity (Wildman–Crippen MR) is 78.2 cm³/mol. The van der Waals surface area contributed by atoms with E-state index in [1.54, 1.807) is 0 Å². The molecule has 3 rings (SSSR count). The van der Waals surface area contributed by atoms with Gasteiger partial charge in [-0.15, -0.1) is 0 Å². The topological polar surface area (TPSA) is 12.2 Å². The lowest BCUT2D eigenvalue weighted by molar-refractivity contribution is -0.476. The van der Waals surface area contributed by atoms with Gasteiger partial charge < -0.3 is 4.74 Å². The molecule has 2 aromatic carbocycles. The Morgan fingerprint density at radius 3 is 2.63 bits per heavy atom. The van der Waals surface area contributed by atoms with Crippen LogP contribution >= 0.6 is 0 Å². The molecule has 0 saturated heterocycles. The fraction of sp³-hybridized carbons (Fsp3) is 0.118. The molecular formula is C17H16NO+. The molecule has 1 aliphatic rings. The Balaban J connectivity index is 2.07. The third-order valence-electron chi connectivity index (χ3n) is 3.24. The Hall–Kier alpha value is -2.35. The van der Waals surface area contributed by atoms with Gasteiger partial charge in [-0.3, -0.25) is 0 Å². The van der Waals surface area contributed by atoms with Gasteiger partial charge >= 0.3 is 0 Å². The van der Waals surface area contributed by atoms with E-state index in [9.17, 15) is 0 Å². The molecule has 2 heteroatoms. The summed E-state index contributed by atoms with van der Waals surface area (Å²) < 4.78 is 8.02. The van der Waals surface area contributed by atoms with Crippen LogP contribution in [0.4, 0.5) is 5.69 Å². The number of rotatable bonds is 2. The largest absolute Gasteiger partial charge is 0.434 e. The van der Waals surface area contributed by atoms with Gasteiger partial charge in [-0.1, -0.05) is 36.9 Å². The fourth-order valence-corrected chi connectivity index (χ4v) is 2.26. The smallest absolute Gasteiger partial charge is 0.292 e. The molecule has 1 heterocycles. The Kier molecular flexibility index (Phi) is 2.92. The molecule has 0 amide bonds. The van der Waals surface area contributed by atoms with Gasteiger partial charge in [0.25, 0.3) is 6.73 Å². The second-order valence-corrected chi connectivity index (χ2v) is 4.71. The standard InChI is InChI=1S/C17H16NO/c1-13(2)16-10-6-7-14-11-18(12-19-17(14)16)15-8-4-3-5-9-15/h3-11H,1,12H2,2H3/q+1. The van der Waals surface area contributed by atoms with Crippen molar-refractivity contribution < 1.29 is 9.31 Å².